The number of benzene rings is 2. The van der Waals surface area contributed by atoms with Crippen LogP contribution in [0.2, 0.25) is 0 Å². The summed E-state index contributed by atoms with van der Waals surface area (Å²) in [5.74, 6) is -0.286. The van der Waals surface area contributed by atoms with E-state index in [-0.39, 0.29) is 29.1 Å². The third-order valence-electron chi connectivity index (χ3n) is 6.51. The predicted octanol–water partition coefficient (Wildman–Crippen LogP) is 4.17. The second-order valence-electron chi connectivity index (χ2n) is 8.96. The molecule has 0 bridgehead atoms. The molecule has 0 aliphatic heterocycles. The normalized spacial score (nSPS) is 10.8. The molecule has 1 N–H and O–H groups in total. The van der Waals surface area contributed by atoms with E-state index >= 15 is 0 Å². The molecule has 0 saturated heterocycles. The zero-order valence-corrected chi connectivity index (χ0v) is 23.2. The number of amides is 1. The van der Waals surface area contributed by atoms with Crippen molar-refractivity contribution in [2.75, 3.05) is 33.8 Å². The van der Waals surface area contributed by atoms with Gasteiger partial charge in [-0.3, -0.25) is 4.79 Å². The quantitative estimate of drug-likeness (QED) is 0.307. The van der Waals surface area contributed by atoms with Crippen molar-refractivity contribution in [1.82, 2.24) is 14.6 Å². The minimum absolute atomic E-state index is 0.116. The van der Waals surface area contributed by atoms with Crippen LogP contribution in [0.15, 0.2) is 42.5 Å². The molecule has 0 unspecified atom stereocenters. The number of ether oxygens (including phenoxy) is 4. The lowest BCUT2D eigenvalue weighted by atomic mass is 10.1. The van der Waals surface area contributed by atoms with Crippen LogP contribution in [0.3, 0.4) is 0 Å². The molecule has 0 fully saturated rings. The van der Waals surface area contributed by atoms with Gasteiger partial charge in [0.05, 0.1) is 45.3 Å². The second kappa shape index (κ2) is 11.9. The topological polar surface area (TPSA) is 130 Å². The summed E-state index contributed by atoms with van der Waals surface area (Å²) in [6.07, 6.45) is 0.527. The molecule has 4 rings (SSSR count). The van der Waals surface area contributed by atoms with E-state index in [1.54, 1.807) is 24.8 Å². The molecule has 0 atom stereocenters. The van der Waals surface area contributed by atoms with E-state index in [0.717, 1.165) is 22.5 Å². The molecule has 40 heavy (non-hydrogen) atoms. The summed E-state index contributed by atoms with van der Waals surface area (Å²) in [6.45, 7) is 3.82. The molecular formula is C29H30N4O7. The van der Waals surface area contributed by atoms with Gasteiger partial charge in [-0.15, -0.1) is 0 Å². The number of nitrogens with one attached hydrogen (secondary N) is 1. The number of hydrogen-bond acceptors (Lipinski definition) is 9. The van der Waals surface area contributed by atoms with E-state index in [9.17, 15) is 14.4 Å². The summed E-state index contributed by atoms with van der Waals surface area (Å²) < 4.78 is 22.1. The Morgan fingerprint density at radius 3 is 2.15 bits per heavy atom. The fraction of sp³-hybridized carbons (Fsp3) is 0.276. The molecule has 11 heteroatoms. The average molecular weight is 547 g/mol. The van der Waals surface area contributed by atoms with Gasteiger partial charge in [-0.2, -0.15) is 5.10 Å². The Labute approximate surface area is 231 Å². The van der Waals surface area contributed by atoms with Crippen molar-refractivity contribution in [3.63, 3.8) is 0 Å². The number of aryl methyl sites for hydroxylation is 2. The second-order valence-corrected chi connectivity index (χ2v) is 8.96. The van der Waals surface area contributed by atoms with Crippen LogP contribution < -0.4 is 14.8 Å². The fourth-order valence-electron chi connectivity index (χ4n) is 4.46. The lowest BCUT2D eigenvalue weighted by Gasteiger charge is -2.12. The fourth-order valence-corrected chi connectivity index (χ4v) is 4.46. The molecule has 11 nitrogen and oxygen atoms in total. The van der Waals surface area contributed by atoms with Gasteiger partial charge in [0.1, 0.15) is 11.5 Å². The minimum Gasteiger partial charge on any atom is -0.497 e. The largest absolute Gasteiger partial charge is 0.497 e. The highest BCUT2D eigenvalue weighted by Gasteiger charge is 2.18. The molecule has 0 saturated carbocycles. The SMILES string of the molecule is COC(=O)c1cc(NC(=O)CCc2c(C)nc3cc(-c4ccc(OC)cc4OC)nn3c2C)cc(C(=O)OC)c1. The number of anilines is 1. The highest BCUT2D eigenvalue weighted by atomic mass is 16.5. The Bertz CT molecular complexity index is 1580. The first-order valence-corrected chi connectivity index (χ1v) is 12.4. The number of fused-ring (bicyclic) bond motifs is 1. The lowest BCUT2D eigenvalue weighted by Crippen LogP contribution is -2.16. The van der Waals surface area contributed by atoms with Crippen LogP contribution in [0, 0.1) is 13.8 Å². The van der Waals surface area contributed by atoms with Crippen molar-refractivity contribution in [3.8, 4) is 22.8 Å². The van der Waals surface area contributed by atoms with Crippen molar-refractivity contribution < 1.29 is 33.3 Å². The van der Waals surface area contributed by atoms with Crippen LogP contribution in [0.5, 0.6) is 11.5 Å². The van der Waals surface area contributed by atoms with Crippen molar-refractivity contribution in [2.24, 2.45) is 0 Å². The standard InChI is InChI=1S/C29H30N4O7/c1-16-22(9-10-27(34)31-20-12-18(28(35)39-5)11-19(13-20)29(36)40-6)17(2)33-26(30-16)15-24(32-33)23-8-7-21(37-3)14-25(23)38-4/h7-8,11-15H,9-10H2,1-6H3,(H,31,34). The van der Waals surface area contributed by atoms with E-state index in [4.69, 9.17) is 29.0 Å². The Morgan fingerprint density at radius 1 is 0.875 bits per heavy atom. The summed E-state index contributed by atoms with van der Waals surface area (Å²) in [5.41, 5.74) is 5.20. The monoisotopic (exact) mass is 546 g/mol. The number of carbonyl (C=O) groups excluding carboxylic acids is 3. The first kappa shape index (κ1) is 28.1. The highest BCUT2D eigenvalue weighted by molar-refractivity contribution is 5.99. The van der Waals surface area contributed by atoms with E-state index < -0.39 is 11.9 Å². The minimum atomic E-state index is -0.641. The summed E-state index contributed by atoms with van der Waals surface area (Å²) in [6, 6.07) is 11.6. The maximum absolute atomic E-state index is 12.9. The molecule has 2 heterocycles. The third-order valence-corrected chi connectivity index (χ3v) is 6.51. The first-order valence-electron chi connectivity index (χ1n) is 12.4. The lowest BCUT2D eigenvalue weighted by molar-refractivity contribution is -0.116. The van der Waals surface area contributed by atoms with Crippen LogP contribution in [0.4, 0.5) is 5.69 Å². The Kier molecular flexibility index (Phi) is 8.32. The van der Waals surface area contributed by atoms with E-state index in [1.807, 2.05) is 32.0 Å². The molecule has 2 aromatic heterocycles. The Hall–Kier alpha value is -4.93. The van der Waals surface area contributed by atoms with Gasteiger partial charge in [0.15, 0.2) is 5.65 Å². The number of methoxy groups -OCH3 is 4. The highest BCUT2D eigenvalue weighted by Crippen LogP contribution is 2.33. The number of rotatable bonds is 9. The number of esters is 2. The number of hydrogen-bond donors (Lipinski definition) is 1. The van der Waals surface area contributed by atoms with Crippen LogP contribution in [-0.2, 0) is 20.7 Å². The van der Waals surface area contributed by atoms with E-state index in [2.05, 4.69) is 5.32 Å². The van der Waals surface area contributed by atoms with Crippen molar-refractivity contribution in [3.05, 3.63) is 70.5 Å². The Morgan fingerprint density at radius 2 is 1.55 bits per heavy atom. The van der Waals surface area contributed by atoms with Gasteiger partial charge in [-0.1, -0.05) is 0 Å². The summed E-state index contributed by atoms with van der Waals surface area (Å²) in [7, 11) is 5.65. The molecule has 0 spiro atoms. The summed E-state index contributed by atoms with van der Waals surface area (Å²) in [4.78, 5) is 41.7. The van der Waals surface area contributed by atoms with Crippen LogP contribution >= 0.6 is 0 Å². The average Bonchev–Trinajstić information content (AvgIpc) is 3.39. The summed E-state index contributed by atoms with van der Waals surface area (Å²) in [5, 5.41) is 7.51. The molecule has 2 aromatic carbocycles. The number of carbonyl (C=O) groups is 3. The zero-order chi connectivity index (χ0) is 29.0. The molecule has 0 aliphatic carbocycles. The molecule has 0 radical (unpaired) electrons. The van der Waals surface area contributed by atoms with E-state index in [0.29, 0.717) is 29.3 Å². The van der Waals surface area contributed by atoms with Gasteiger partial charge < -0.3 is 24.3 Å². The maximum Gasteiger partial charge on any atom is 0.337 e. The molecule has 0 aliphatic rings. The van der Waals surface area contributed by atoms with Gasteiger partial charge in [0, 0.05) is 41.2 Å². The maximum atomic E-state index is 12.9. The number of aromatic nitrogens is 3. The first-order chi connectivity index (χ1) is 19.2. The van der Waals surface area contributed by atoms with Crippen molar-refractivity contribution in [2.45, 2.75) is 26.7 Å². The van der Waals surface area contributed by atoms with Crippen LogP contribution in [0.1, 0.15) is 44.1 Å². The van der Waals surface area contributed by atoms with Gasteiger partial charge in [-0.25, -0.2) is 19.1 Å². The number of nitrogens with zero attached hydrogens (tertiary/aromatic N) is 3. The smallest absolute Gasteiger partial charge is 0.337 e. The van der Waals surface area contributed by atoms with Gasteiger partial charge in [0.25, 0.3) is 0 Å². The van der Waals surface area contributed by atoms with Gasteiger partial charge in [0.2, 0.25) is 5.91 Å². The Balaban J connectivity index is 1.56. The molecule has 4 aromatic rings. The molecule has 1 amide bonds. The third kappa shape index (κ3) is 5.73. The van der Waals surface area contributed by atoms with Crippen LogP contribution in [-0.4, -0.2) is 60.9 Å². The van der Waals surface area contributed by atoms with Crippen molar-refractivity contribution in [1.29, 1.82) is 0 Å². The molecular weight excluding hydrogens is 516 g/mol. The zero-order valence-electron chi connectivity index (χ0n) is 23.2. The van der Waals surface area contributed by atoms with Crippen molar-refractivity contribution >= 4 is 29.2 Å². The van der Waals surface area contributed by atoms with Gasteiger partial charge in [-0.05, 0) is 56.2 Å². The van der Waals surface area contributed by atoms with Crippen LogP contribution in [0.25, 0.3) is 16.9 Å². The van der Waals surface area contributed by atoms with E-state index in [1.165, 1.54) is 32.4 Å². The predicted molar refractivity (Wildman–Crippen MR) is 147 cm³/mol. The molecule has 208 valence electrons. The summed E-state index contributed by atoms with van der Waals surface area (Å²) >= 11 is 0. The van der Waals surface area contributed by atoms with Gasteiger partial charge >= 0.3 is 11.9 Å².